The average molecular weight is 369 g/mol. The molecule has 1 amide bonds. The van der Waals surface area contributed by atoms with E-state index in [1.807, 2.05) is 26.0 Å². The van der Waals surface area contributed by atoms with Crippen LogP contribution in [0.5, 0.6) is 0 Å². The molecule has 3 aromatic rings. The van der Waals surface area contributed by atoms with E-state index >= 15 is 0 Å². The van der Waals surface area contributed by atoms with E-state index in [2.05, 4.69) is 30.8 Å². The van der Waals surface area contributed by atoms with Crippen molar-refractivity contribution in [1.29, 1.82) is 0 Å². The molecular formula is C18H23N7O2. The third-order valence-electron chi connectivity index (χ3n) is 4.20. The van der Waals surface area contributed by atoms with Crippen LogP contribution in [-0.4, -0.2) is 36.1 Å². The van der Waals surface area contributed by atoms with Crippen molar-refractivity contribution >= 4 is 22.8 Å². The second-order valence-corrected chi connectivity index (χ2v) is 6.69. The fourth-order valence-electron chi connectivity index (χ4n) is 2.67. The zero-order valence-corrected chi connectivity index (χ0v) is 15.5. The molecule has 142 valence electrons. The summed E-state index contributed by atoms with van der Waals surface area (Å²) in [5.74, 6) is 1.16. The Labute approximate surface area is 156 Å². The van der Waals surface area contributed by atoms with Gasteiger partial charge in [-0.2, -0.15) is 4.98 Å². The van der Waals surface area contributed by atoms with E-state index in [0.29, 0.717) is 36.2 Å². The number of benzene rings is 1. The number of hydrogen-bond acceptors (Lipinski definition) is 6. The van der Waals surface area contributed by atoms with Crippen LogP contribution < -0.4 is 10.9 Å². The summed E-state index contributed by atoms with van der Waals surface area (Å²) in [7, 11) is 0. The lowest BCUT2D eigenvalue weighted by Gasteiger charge is -2.05. The number of aromatic nitrogens is 6. The summed E-state index contributed by atoms with van der Waals surface area (Å²) in [5.41, 5.74) is 0.465. The van der Waals surface area contributed by atoms with Gasteiger partial charge in [-0.05, 0) is 25.0 Å². The minimum Gasteiger partial charge on any atom is -0.293 e. The Morgan fingerprint density at radius 2 is 2.04 bits per heavy atom. The largest absolute Gasteiger partial charge is 0.293 e. The maximum Gasteiger partial charge on any atom is 0.277 e. The first-order valence-electron chi connectivity index (χ1n) is 9.09. The quantitative estimate of drug-likeness (QED) is 0.588. The predicted octanol–water partition coefficient (Wildman–Crippen LogP) is 2.23. The molecule has 0 aliphatic heterocycles. The molecular weight excluding hydrogens is 346 g/mol. The standard InChI is InChI=1S/C18H23N7O2/c1-12(2)16-20-18(23-22-16)19-15(26)10-4-3-7-11-25-17(27)13-8-5-6-9-14(13)21-24-25/h5-6,8-9,12H,3-4,7,10-11H2,1-2H3,(H2,19,20,22,23,26). The molecule has 27 heavy (non-hydrogen) atoms. The third kappa shape index (κ3) is 4.75. The van der Waals surface area contributed by atoms with Gasteiger partial charge in [0.2, 0.25) is 11.9 Å². The van der Waals surface area contributed by atoms with Gasteiger partial charge in [0.25, 0.3) is 5.56 Å². The van der Waals surface area contributed by atoms with Crippen LogP contribution >= 0.6 is 0 Å². The number of aryl methyl sites for hydroxylation is 1. The van der Waals surface area contributed by atoms with Crippen molar-refractivity contribution in [3.8, 4) is 0 Å². The van der Waals surface area contributed by atoms with E-state index in [-0.39, 0.29) is 17.4 Å². The Morgan fingerprint density at radius 3 is 2.81 bits per heavy atom. The first-order chi connectivity index (χ1) is 13.0. The number of hydrogen-bond donors (Lipinski definition) is 2. The Kier molecular flexibility index (Phi) is 5.90. The monoisotopic (exact) mass is 369 g/mol. The van der Waals surface area contributed by atoms with E-state index < -0.39 is 0 Å². The Bertz CT molecular complexity index is 977. The number of H-pyrrole nitrogens is 1. The first kappa shape index (κ1) is 18.7. The predicted molar refractivity (Wildman–Crippen MR) is 101 cm³/mol. The van der Waals surface area contributed by atoms with E-state index in [1.54, 1.807) is 12.1 Å². The molecule has 0 aliphatic rings. The average Bonchev–Trinajstić information content (AvgIpc) is 3.12. The molecule has 0 bridgehead atoms. The van der Waals surface area contributed by atoms with Gasteiger partial charge in [-0.3, -0.25) is 20.0 Å². The first-order valence-corrected chi connectivity index (χ1v) is 9.09. The number of anilines is 1. The highest BCUT2D eigenvalue weighted by Gasteiger charge is 2.10. The van der Waals surface area contributed by atoms with Crippen molar-refractivity contribution in [3.63, 3.8) is 0 Å². The van der Waals surface area contributed by atoms with Crippen LogP contribution in [0.4, 0.5) is 5.95 Å². The number of amides is 1. The maximum absolute atomic E-state index is 12.3. The minimum absolute atomic E-state index is 0.119. The highest BCUT2D eigenvalue weighted by Crippen LogP contribution is 2.10. The molecule has 1 aromatic carbocycles. The summed E-state index contributed by atoms with van der Waals surface area (Å²) in [6, 6.07) is 7.16. The molecule has 0 spiro atoms. The molecule has 0 fully saturated rings. The number of nitrogens with one attached hydrogen (secondary N) is 2. The van der Waals surface area contributed by atoms with Crippen molar-refractivity contribution in [2.75, 3.05) is 5.32 Å². The van der Waals surface area contributed by atoms with Gasteiger partial charge in [-0.1, -0.05) is 37.6 Å². The molecule has 9 nitrogen and oxygen atoms in total. The lowest BCUT2D eigenvalue weighted by molar-refractivity contribution is -0.116. The van der Waals surface area contributed by atoms with E-state index in [1.165, 1.54) is 4.68 Å². The van der Waals surface area contributed by atoms with Crippen LogP contribution in [0.3, 0.4) is 0 Å². The normalized spacial score (nSPS) is 11.2. The second kappa shape index (κ2) is 8.52. The van der Waals surface area contributed by atoms with Gasteiger partial charge in [0, 0.05) is 18.9 Å². The fourth-order valence-corrected chi connectivity index (χ4v) is 2.67. The zero-order valence-electron chi connectivity index (χ0n) is 15.5. The van der Waals surface area contributed by atoms with Crippen molar-refractivity contribution in [2.45, 2.75) is 52.0 Å². The van der Waals surface area contributed by atoms with Gasteiger partial charge < -0.3 is 0 Å². The number of unbranched alkanes of at least 4 members (excludes halogenated alkanes) is 2. The topological polar surface area (TPSA) is 118 Å². The molecule has 2 aromatic heterocycles. The number of carbonyl (C=O) groups excluding carboxylic acids is 1. The van der Waals surface area contributed by atoms with Crippen molar-refractivity contribution in [2.24, 2.45) is 0 Å². The van der Waals surface area contributed by atoms with Crippen molar-refractivity contribution in [3.05, 3.63) is 40.4 Å². The maximum atomic E-state index is 12.3. The van der Waals surface area contributed by atoms with Crippen LogP contribution in [-0.2, 0) is 11.3 Å². The Hall–Kier alpha value is -3.10. The molecule has 0 aliphatic carbocycles. The Morgan fingerprint density at radius 1 is 1.22 bits per heavy atom. The molecule has 2 heterocycles. The lowest BCUT2D eigenvalue weighted by atomic mass is 10.2. The number of fused-ring (bicyclic) bond motifs is 1. The summed E-state index contributed by atoms with van der Waals surface area (Å²) in [4.78, 5) is 28.5. The van der Waals surface area contributed by atoms with Gasteiger partial charge in [0.15, 0.2) is 0 Å². The van der Waals surface area contributed by atoms with Gasteiger partial charge >= 0.3 is 0 Å². The smallest absolute Gasteiger partial charge is 0.277 e. The van der Waals surface area contributed by atoms with Crippen LogP contribution in [0.25, 0.3) is 10.9 Å². The highest BCUT2D eigenvalue weighted by molar-refractivity contribution is 5.88. The molecule has 0 saturated carbocycles. The molecule has 0 radical (unpaired) electrons. The van der Waals surface area contributed by atoms with Crippen LogP contribution in [0.15, 0.2) is 29.1 Å². The van der Waals surface area contributed by atoms with E-state index in [0.717, 1.165) is 18.7 Å². The number of rotatable bonds is 8. The van der Waals surface area contributed by atoms with Crippen LogP contribution in [0, 0.1) is 0 Å². The lowest BCUT2D eigenvalue weighted by Crippen LogP contribution is -2.24. The third-order valence-corrected chi connectivity index (χ3v) is 4.20. The van der Waals surface area contributed by atoms with E-state index in [9.17, 15) is 9.59 Å². The van der Waals surface area contributed by atoms with Crippen LogP contribution in [0.2, 0.25) is 0 Å². The molecule has 0 atom stereocenters. The summed E-state index contributed by atoms with van der Waals surface area (Å²) >= 11 is 0. The van der Waals surface area contributed by atoms with Gasteiger partial charge in [0.05, 0.1) is 5.39 Å². The molecule has 9 heteroatoms. The summed E-state index contributed by atoms with van der Waals surface area (Å²) < 4.78 is 1.38. The van der Waals surface area contributed by atoms with Gasteiger partial charge in [-0.15, -0.1) is 10.2 Å². The molecule has 0 unspecified atom stereocenters. The zero-order chi connectivity index (χ0) is 19.2. The molecule has 2 N–H and O–H groups in total. The number of nitrogens with zero attached hydrogens (tertiary/aromatic N) is 5. The van der Waals surface area contributed by atoms with E-state index in [4.69, 9.17) is 0 Å². The van der Waals surface area contributed by atoms with Gasteiger partial charge in [-0.25, -0.2) is 4.68 Å². The minimum atomic E-state index is -0.135. The second-order valence-electron chi connectivity index (χ2n) is 6.69. The van der Waals surface area contributed by atoms with Crippen molar-refractivity contribution < 1.29 is 4.79 Å². The van der Waals surface area contributed by atoms with Gasteiger partial charge in [0.1, 0.15) is 11.3 Å². The fraction of sp³-hybridized carbons (Fsp3) is 0.444. The number of carbonyl (C=O) groups is 1. The molecule has 0 saturated heterocycles. The van der Waals surface area contributed by atoms with Crippen LogP contribution in [0.1, 0.15) is 51.3 Å². The summed E-state index contributed by atoms with van der Waals surface area (Å²) in [6.45, 7) is 4.48. The summed E-state index contributed by atoms with van der Waals surface area (Å²) in [6.07, 6.45) is 2.64. The summed E-state index contributed by atoms with van der Waals surface area (Å²) in [5, 5.41) is 18.1. The molecule has 3 rings (SSSR count). The highest BCUT2D eigenvalue weighted by atomic mass is 16.1. The number of aromatic amines is 1. The SMILES string of the molecule is CC(C)c1nc(NC(=O)CCCCCn2nnc3ccccc3c2=O)n[nH]1. The van der Waals surface area contributed by atoms with Crippen molar-refractivity contribution in [1.82, 2.24) is 30.2 Å². The Balaban J connectivity index is 1.42.